The van der Waals surface area contributed by atoms with Crippen molar-refractivity contribution in [3.05, 3.63) is 28.0 Å². The molecule has 0 aliphatic carbocycles. The van der Waals surface area contributed by atoms with E-state index < -0.39 is 5.82 Å². The topological polar surface area (TPSA) is 12.5 Å². The number of hydrogen-bond acceptors (Lipinski definition) is 2. The maximum absolute atomic E-state index is 13.4. The number of thiocarbonyl (C=S) groups is 1. The van der Waals surface area contributed by atoms with Gasteiger partial charge in [0, 0.05) is 18.6 Å². The van der Waals surface area contributed by atoms with Gasteiger partial charge in [-0.15, -0.1) is 0 Å². The first kappa shape index (κ1) is 12.4. The molecule has 5 heteroatoms. The number of ether oxygens (including phenoxy) is 1. The van der Waals surface area contributed by atoms with Crippen LogP contribution in [0.5, 0.6) is 5.75 Å². The lowest BCUT2D eigenvalue weighted by atomic mass is 10.2. The lowest BCUT2D eigenvalue weighted by molar-refractivity contribution is 0.425. The van der Waals surface area contributed by atoms with Crippen LogP contribution in [0.3, 0.4) is 0 Å². The average molecular weight is 292 g/mol. The van der Waals surface area contributed by atoms with Crippen molar-refractivity contribution < 1.29 is 9.13 Å². The van der Waals surface area contributed by atoms with E-state index in [-0.39, 0.29) is 10.9 Å². The Balaban J connectivity index is 2.96. The molecule has 0 saturated carbocycles. The molecule has 82 valence electrons. The number of benzene rings is 1. The van der Waals surface area contributed by atoms with Gasteiger partial charge in [-0.05, 0) is 36.8 Å². The fraction of sp³-hybridized carbons (Fsp3) is 0.300. The molecule has 0 radical (unpaired) electrons. The summed E-state index contributed by atoms with van der Waals surface area (Å²) < 4.78 is 19.3. The van der Waals surface area contributed by atoms with E-state index in [1.54, 1.807) is 25.1 Å². The van der Waals surface area contributed by atoms with Crippen LogP contribution in [0.25, 0.3) is 0 Å². The first-order valence-corrected chi connectivity index (χ1v) is 5.46. The molecule has 0 atom stereocenters. The third-order valence-corrected chi connectivity index (χ3v) is 3.08. The van der Waals surface area contributed by atoms with Gasteiger partial charge in [0.1, 0.15) is 0 Å². The fourth-order valence-corrected chi connectivity index (χ4v) is 1.30. The Morgan fingerprint density at radius 1 is 1.47 bits per heavy atom. The van der Waals surface area contributed by atoms with Crippen LogP contribution >= 0.6 is 28.1 Å². The summed E-state index contributed by atoms with van der Waals surface area (Å²) in [5, 5.41) is 0.232. The van der Waals surface area contributed by atoms with Crippen LogP contribution in [0, 0.1) is 12.7 Å². The maximum Gasteiger partial charge on any atom is 0.264 e. The molecule has 1 aromatic rings. The Hall–Kier alpha value is -0.680. The van der Waals surface area contributed by atoms with Gasteiger partial charge in [0.05, 0.1) is 0 Å². The molecule has 15 heavy (non-hydrogen) atoms. The van der Waals surface area contributed by atoms with E-state index in [0.717, 1.165) is 5.56 Å². The van der Waals surface area contributed by atoms with Crippen LogP contribution in [0.2, 0.25) is 0 Å². The van der Waals surface area contributed by atoms with Gasteiger partial charge in [0.25, 0.3) is 5.17 Å². The van der Waals surface area contributed by atoms with Crippen molar-refractivity contribution in [1.82, 2.24) is 4.90 Å². The highest BCUT2D eigenvalue weighted by Crippen LogP contribution is 2.25. The predicted octanol–water partition coefficient (Wildman–Crippen LogP) is 3.12. The van der Waals surface area contributed by atoms with Crippen molar-refractivity contribution in [2.24, 2.45) is 0 Å². The van der Waals surface area contributed by atoms with Crippen molar-refractivity contribution in [3.63, 3.8) is 0 Å². The van der Waals surface area contributed by atoms with Crippen LogP contribution in [-0.2, 0) is 0 Å². The number of aryl methyl sites for hydroxylation is 1. The van der Waals surface area contributed by atoms with Gasteiger partial charge in [-0.3, -0.25) is 0 Å². The summed E-state index contributed by atoms with van der Waals surface area (Å²) in [6.45, 7) is 1.86. The highest BCUT2D eigenvalue weighted by atomic mass is 79.9. The molecule has 0 unspecified atom stereocenters. The smallest absolute Gasteiger partial charge is 0.264 e. The van der Waals surface area contributed by atoms with Crippen molar-refractivity contribution >= 4 is 33.3 Å². The summed E-state index contributed by atoms with van der Waals surface area (Å²) in [7, 11) is 3.48. The lowest BCUT2D eigenvalue weighted by Crippen LogP contribution is -2.25. The highest BCUT2D eigenvalue weighted by molar-refractivity contribution is 9.10. The van der Waals surface area contributed by atoms with Crippen LogP contribution in [0.4, 0.5) is 4.39 Å². The van der Waals surface area contributed by atoms with Gasteiger partial charge < -0.3 is 9.64 Å². The van der Waals surface area contributed by atoms with Gasteiger partial charge in [0.2, 0.25) is 0 Å². The third-order valence-electron chi connectivity index (χ3n) is 1.78. The van der Waals surface area contributed by atoms with Gasteiger partial charge in [-0.2, -0.15) is 0 Å². The van der Waals surface area contributed by atoms with Crippen LogP contribution in [0.1, 0.15) is 5.56 Å². The molecule has 2 nitrogen and oxygen atoms in total. The molecule has 0 aliphatic heterocycles. The summed E-state index contributed by atoms with van der Waals surface area (Å²) in [4.78, 5) is 1.60. The normalized spacial score (nSPS) is 9.93. The summed E-state index contributed by atoms with van der Waals surface area (Å²) in [6, 6.07) is 2.97. The van der Waals surface area contributed by atoms with E-state index in [1.807, 2.05) is 6.92 Å². The van der Waals surface area contributed by atoms with E-state index in [1.165, 1.54) is 6.07 Å². The van der Waals surface area contributed by atoms with Gasteiger partial charge >= 0.3 is 0 Å². The SMILES string of the molecule is Cc1cc(OC(=S)N(C)C)c(F)cc1Br. The molecule has 1 rings (SSSR count). The van der Waals surface area contributed by atoms with Crippen molar-refractivity contribution in [1.29, 1.82) is 0 Å². The summed E-state index contributed by atoms with van der Waals surface area (Å²) in [5.41, 5.74) is 0.896. The van der Waals surface area contributed by atoms with Crippen LogP contribution in [0.15, 0.2) is 16.6 Å². The third kappa shape index (κ3) is 3.14. The zero-order valence-electron chi connectivity index (χ0n) is 8.67. The Labute approximate surface area is 102 Å². The monoisotopic (exact) mass is 291 g/mol. The van der Waals surface area contributed by atoms with E-state index >= 15 is 0 Å². The summed E-state index contributed by atoms with van der Waals surface area (Å²) in [5.74, 6) is -0.286. The minimum atomic E-state index is -0.434. The second-order valence-corrected chi connectivity index (χ2v) is 4.50. The quantitative estimate of drug-likeness (QED) is 0.738. The maximum atomic E-state index is 13.4. The minimum Gasteiger partial charge on any atom is -0.429 e. The van der Waals surface area contributed by atoms with Crippen LogP contribution in [-0.4, -0.2) is 24.2 Å². The second kappa shape index (κ2) is 4.90. The first-order chi connectivity index (χ1) is 6.91. The Morgan fingerprint density at radius 2 is 2.07 bits per heavy atom. The zero-order chi connectivity index (χ0) is 11.6. The second-order valence-electron chi connectivity index (χ2n) is 3.29. The fourth-order valence-electron chi connectivity index (χ4n) is 0.894. The highest BCUT2D eigenvalue weighted by Gasteiger charge is 2.10. The zero-order valence-corrected chi connectivity index (χ0v) is 11.1. The van der Waals surface area contributed by atoms with Crippen molar-refractivity contribution in [2.75, 3.05) is 14.1 Å². The number of nitrogens with zero attached hydrogens (tertiary/aromatic N) is 1. The van der Waals surface area contributed by atoms with E-state index in [4.69, 9.17) is 17.0 Å². The molecule has 0 heterocycles. The molecular weight excluding hydrogens is 281 g/mol. The molecule has 0 fully saturated rings. The Kier molecular flexibility index (Phi) is 4.04. The summed E-state index contributed by atoms with van der Waals surface area (Å²) in [6.07, 6.45) is 0. The van der Waals surface area contributed by atoms with Crippen LogP contribution < -0.4 is 4.74 Å². The predicted molar refractivity (Wildman–Crippen MR) is 65.8 cm³/mol. The molecule has 0 aliphatic rings. The molecule has 1 aromatic carbocycles. The number of hydrogen-bond donors (Lipinski definition) is 0. The minimum absolute atomic E-state index is 0.148. The standard InChI is InChI=1S/C10H11BrFNOS/c1-6-4-9(8(12)5-7(6)11)14-10(15)13(2)3/h4-5H,1-3H3. The van der Waals surface area contributed by atoms with Crippen molar-refractivity contribution in [2.45, 2.75) is 6.92 Å². The Bertz CT molecular complexity index is 395. The van der Waals surface area contributed by atoms with Gasteiger partial charge in [-0.25, -0.2) is 4.39 Å². The molecule has 0 aromatic heterocycles. The lowest BCUT2D eigenvalue weighted by Gasteiger charge is -2.15. The number of halogens is 2. The van der Waals surface area contributed by atoms with Gasteiger partial charge in [0.15, 0.2) is 11.6 Å². The van der Waals surface area contributed by atoms with Crippen molar-refractivity contribution in [3.8, 4) is 5.75 Å². The summed E-state index contributed by atoms with van der Waals surface area (Å²) >= 11 is 8.16. The first-order valence-electron chi connectivity index (χ1n) is 4.26. The van der Waals surface area contributed by atoms with Gasteiger partial charge in [-0.1, -0.05) is 15.9 Å². The molecule has 0 saturated heterocycles. The van der Waals surface area contributed by atoms with E-state index in [2.05, 4.69) is 15.9 Å². The molecule has 0 bridgehead atoms. The molecule has 0 N–H and O–H groups in total. The average Bonchev–Trinajstić information content (AvgIpc) is 2.13. The largest absolute Gasteiger partial charge is 0.429 e. The molecule has 0 spiro atoms. The molecule has 0 amide bonds. The van der Waals surface area contributed by atoms with E-state index in [9.17, 15) is 4.39 Å². The van der Waals surface area contributed by atoms with E-state index in [0.29, 0.717) is 4.47 Å². The molecular formula is C10H11BrFNOS. The number of rotatable bonds is 1. The Morgan fingerprint density at radius 3 is 2.60 bits per heavy atom.